The van der Waals surface area contributed by atoms with Crippen molar-refractivity contribution in [2.24, 2.45) is 5.41 Å². The maximum absolute atomic E-state index is 11.3. The van der Waals surface area contributed by atoms with E-state index in [4.69, 9.17) is 4.74 Å². The average molecular weight is 299 g/mol. The Hall–Kier alpha value is -2.36. The van der Waals surface area contributed by atoms with Crippen molar-refractivity contribution in [2.75, 3.05) is 6.61 Å². The molecule has 0 aliphatic carbocycles. The van der Waals surface area contributed by atoms with Gasteiger partial charge in [0, 0.05) is 6.07 Å². The second-order valence-electron chi connectivity index (χ2n) is 6.46. The summed E-state index contributed by atoms with van der Waals surface area (Å²) < 4.78 is 5.62. The molecule has 0 aromatic heterocycles. The van der Waals surface area contributed by atoms with Crippen molar-refractivity contribution < 1.29 is 9.66 Å². The van der Waals surface area contributed by atoms with E-state index < -0.39 is 4.92 Å². The third kappa shape index (κ3) is 4.32. The van der Waals surface area contributed by atoms with Crippen molar-refractivity contribution in [3.05, 3.63) is 58.6 Å². The minimum Gasteiger partial charge on any atom is -0.487 e. The van der Waals surface area contributed by atoms with Crippen LogP contribution in [0.3, 0.4) is 0 Å². The van der Waals surface area contributed by atoms with Crippen LogP contribution in [0.2, 0.25) is 0 Å². The molecule has 116 valence electrons. The number of nitro groups is 1. The van der Waals surface area contributed by atoms with Crippen LogP contribution in [-0.2, 0) is 0 Å². The van der Waals surface area contributed by atoms with Gasteiger partial charge in [0.15, 0.2) is 5.75 Å². The zero-order valence-corrected chi connectivity index (χ0v) is 13.2. The molecule has 0 atom stereocenters. The maximum Gasteiger partial charge on any atom is 0.311 e. The number of hydrogen-bond donors (Lipinski definition) is 0. The van der Waals surface area contributed by atoms with Gasteiger partial charge in [-0.15, -0.1) is 0 Å². The molecule has 4 nitrogen and oxygen atoms in total. The highest BCUT2D eigenvalue weighted by molar-refractivity contribution is 5.68. The van der Waals surface area contributed by atoms with Gasteiger partial charge in [-0.2, -0.15) is 0 Å². The van der Waals surface area contributed by atoms with Crippen LogP contribution in [0.15, 0.2) is 48.5 Å². The highest BCUT2D eigenvalue weighted by atomic mass is 16.6. The van der Waals surface area contributed by atoms with Crippen molar-refractivity contribution in [1.29, 1.82) is 0 Å². The minimum atomic E-state index is -0.390. The largest absolute Gasteiger partial charge is 0.487 e. The van der Waals surface area contributed by atoms with Gasteiger partial charge in [0.25, 0.3) is 0 Å². The van der Waals surface area contributed by atoms with E-state index in [9.17, 15) is 10.1 Å². The molecule has 0 saturated heterocycles. The molecule has 0 radical (unpaired) electrons. The lowest BCUT2D eigenvalue weighted by Crippen LogP contribution is -2.11. The Morgan fingerprint density at radius 3 is 2.32 bits per heavy atom. The standard InChI is InChI=1S/C18H21NO3/c1-18(2,3)11-12-22-17-10-9-15(13-16(17)19(20)21)14-7-5-4-6-8-14/h4-10,13H,11-12H2,1-3H3. The average Bonchev–Trinajstić information content (AvgIpc) is 2.47. The molecule has 0 bridgehead atoms. The van der Waals surface area contributed by atoms with Gasteiger partial charge in [-0.25, -0.2) is 0 Å². The van der Waals surface area contributed by atoms with E-state index in [0.29, 0.717) is 12.4 Å². The summed E-state index contributed by atoms with van der Waals surface area (Å²) >= 11 is 0. The summed E-state index contributed by atoms with van der Waals surface area (Å²) in [4.78, 5) is 10.9. The first-order valence-electron chi connectivity index (χ1n) is 7.33. The first-order valence-corrected chi connectivity index (χ1v) is 7.33. The first-order chi connectivity index (χ1) is 10.4. The summed E-state index contributed by atoms with van der Waals surface area (Å²) in [5.74, 6) is 0.328. The van der Waals surface area contributed by atoms with Crippen molar-refractivity contribution in [2.45, 2.75) is 27.2 Å². The smallest absolute Gasteiger partial charge is 0.311 e. The fourth-order valence-corrected chi connectivity index (χ4v) is 2.06. The summed E-state index contributed by atoms with van der Waals surface area (Å²) in [6, 6.07) is 14.7. The van der Waals surface area contributed by atoms with Crippen LogP contribution >= 0.6 is 0 Å². The van der Waals surface area contributed by atoms with Crippen LogP contribution in [0.5, 0.6) is 5.75 Å². The maximum atomic E-state index is 11.3. The molecule has 2 aromatic carbocycles. The zero-order chi connectivity index (χ0) is 16.2. The predicted molar refractivity (Wildman–Crippen MR) is 88.1 cm³/mol. The molecule has 0 amide bonds. The number of nitro benzene ring substituents is 1. The van der Waals surface area contributed by atoms with Gasteiger partial charge in [-0.05, 0) is 29.0 Å². The molecule has 2 rings (SSSR count). The topological polar surface area (TPSA) is 52.4 Å². The quantitative estimate of drug-likeness (QED) is 0.571. The van der Waals surface area contributed by atoms with Gasteiger partial charge in [-0.3, -0.25) is 10.1 Å². The van der Waals surface area contributed by atoms with E-state index in [1.165, 1.54) is 0 Å². The highest BCUT2D eigenvalue weighted by Crippen LogP contribution is 2.33. The monoisotopic (exact) mass is 299 g/mol. The predicted octanol–water partition coefficient (Wildman–Crippen LogP) is 5.08. The molecule has 0 aliphatic rings. The third-order valence-electron chi connectivity index (χ3n) is 3.37. The Morgan fingerprint density at radius 2 is 1.73 bits per heavy atom. The van der Waals surface area contributed by atoms with E-state index in [2.05, 4.69) is 20.8 Å². The summed E-state index contributed by atoms with van der Waals surface area (Å²) in [6.45, 7) is 6.81. The Balaban J connectivity index is 2.23. The molecule has 0 N–H and O–H groups in total. The van der Waals surface area contributed by atoms with Gasteiger partial charge >= 0.3 is 5.69 Å². The van der Waals surface area contributed by atoms with Crippen molar-refractivity contribution >= 4 is 5.69 Å². The summed E-state index contributed by atoms with van der Waals surface area (Å²) in [7, 11) is 0. The molecule has 4 heteroatoms. The van der Waals surface area contributed by atoms with Crippen LogP contribution < -0.4 is 4.74 Å². The Labute approximate surface area is 130 Å². The SMILES string of the molecule is CC(C)(C)CCOc1ccc(-c2ccccc2)cc1[N+](=O)[O-]. The molecule has 0 saturated carbocycles. The van der Waals surface area contributed by atoms with Crippen LogP contribution in [0.25, 0.3) is 11.1 Å². The zero-order valence-electron chi connectivity index (χ0n) is 13.2. The van der Waals surface area contributed by atoms with Crippen molar-refractivity contribution in [1.82, 2.24) is 0 Å². The molecule has 0 fully saturated rings. The van der Waals surface area contributed by atoms with E-state index in [-0.39, 0.29) is 11.1 Å². The second-order valence-corrected chi connectivity index (χ2v) is 6.46. The first kappa shape index (κ1) is 16.0. The number of benzene rings is 2. The Morgan fingerprint density at radius 1 is 1.05 bits per heavy atom. The lowest BCUT2D eigenvalue weighted by Gasteiger charge is -2.18. The molecule has 0 spiro atoms. The highest BCUT2D eigenvalue weighted by Gasteiger charge is 2.18. The summed E-state index contributed by atoms with van der Waals surface area (Å²) in [6.07, 6.45) is 0.838. The molecule has 2 aromatic rings. The van der Waals surface area contributed by atoms with Crippen LogP contribution in [0.1, 0.15) is 27.2 Å². The van der Waals surface area contributed by atoms with E-state index in [1.54, 1.807) is 12.1 Å². The van der Waals surface area contributed by atoms with Gasteiger partial charge in [0.2, 0.25) is 0 Å². The second kappa shape index (κ2) is 6.60. The fourth-order valence-electron chi connectivity index (χ4n) is 2.06. The molecule has 0 aliphatic heterocycles. The molecule has 22 heavy (non-hydrogen) atoms. The fraction of sp³-hybridized carbons (Fsp3) is 0.333. The lowest BCUT2D eigenvalue weighted by molar-refractivity contribution is -0.385. The van der Waals surface area contributed by atoms with Crippen LogP contribution in [0, 0.1) is 15.5 Å². The van der Waals surface area contributed by atoms with Crippen molar-refractivity contribution in [3.8, 4) is 16.9 Å². The molecule has 0 heterocycles. The van der Waals surface area contributed by atoms with Gasteiger partial charge in [0.05, 0.1) is 11.5 Å². The van der Waals surface area contributed by atoms with Gasteiger partial charge in [0.1, 0.15) is 0 Å². The lowest BCUT2D eigenvalue weighted by atomic mass is 9.93. The Bertz CT molecular complexity index is 645. The molecule has 0 unspecified atom stereocenters. The van der Waals surface area contributed by atoms with E-state index in [0.717, 1.165) is 17.5 Å². The normalized spacial score (nSPS) is 11.2. The molecular weight excluding hydrogens is 278 g/mol. The minimum absolute atomic E-state index is 0.00950. The summed E-state index contributed by atoms with van der Waals surface area (Å²) in [5.41, 5.74) is 1.91. The number of ether oxygens (including phenoxy) is 1. The number of nitrogens with zero attached hydrogens (tertiary/aromatic N) is 1. The third-order valence-corrected chi connectivity index (χ3v) is 3.37. The van der Waals surface area contributed by atoms with Gasteiger partial charge < -0.3 is 4.74 Å². The van der Waals surface area contributed by atoms with E-state index >= 15 is 0 Å². The Kier molecular flexibility index (Phi) is 4.81. The summed E-state index contributed by atoms with van der Waals surface area (Å²) in [5, 5.41) is 11.3. The van der Waals surface area contributed by atoms with Crippen LogP contribution in [0.4, 0.5) is 5.69 Å². The molecular formula is C18H21NO3. The number of rotatable bonds is 5. The van der Waals surface area contributed by atoms with E-state index in [1.807, 2.05) is 36.4 Å². The number of hydrogen-bond acceptors (Lipinski definition) is 3. The van der Waals surface area contributed by atoms with Gasteiger partial charge in [-0.1, -0.05) is 57.2 Å². The van der Waals surface area contributed by atoms with Crippen molar-refractivity contribution in [3.63, 3.8) is 0 Å². The van der Waals surface area contributed by atoms with Crippen LogP contribution in [-0.4, -0.2) is 11.5 Å².